The zero-order chi connectivity index (χ0) is 19.6. The van der Waals surface area contributed by atoms with Crippen molar-refractivity contribution in [3.8, 4) is 0 Å². The van der Waals surface area contributed by atoms with Gasteiger partial charge >= 0.3 is 18.0 Å². The van der Waals surface area contributed by atoms with Gasteiger partial charge in [-0.15, -0.1) is 0 Å². The van der Waals surface area contributed by atoms with Gasteiger partial charge in [-0.1, -0.05) is 18.2 Å². The molecule has 1 aromatic heterocycles. The number of aryl methyl sites for hydroxylation is 1. The number of anilines is 1. The molecule has 0 unspecified atom stereocenters. The van der Waals surface area contributed by atoms with Crippen molar-refractivity contribution in [1.29, 1.82) is 0 Å². The van der Waals surface area contributed by atoms with E-state index in [2.05, 4.69) is 4.42 Å². The van der Waals surface area contributed by atoms with Crippen molar-refractivity contribution in [2.24, 2.45) is 0 Å². The molecule has 0 spiro atoms. The lowest BCUT2D eigenvalue weighted by Gasteiger charge is -2.38. The molecular formula is C15H13F6N3O2. The molecule has 0 saturated carbocycles. The molecule has 0 radical (unpaired) electrons. The van der Waals surface area contributed by atoms with Crippen molar-refractivity contribution in [2.75, 3.05) is 5.43 Å². The number of hydrogen-bond donors (Lipinski definition) is 3. The third-order valence-electron chi connectivity index (χ3n) is 3.43. The van der Waals surface area contributed by atoms with Gasteiger partial charge in [0.15, 0.2) is 5.76 Å². The maximum Gasteiger partial charge on any atom is 0.436 e. The van der Waals surface area contributed by atoms with Gasteiger partial charge in [-0.3, -0.25) is 4.79 Å². The number of nitrogens with one attached hydrogen (secondary N) is 3. The molecule has 0 fully saturated rings. The van der Waals surface area contributed by atoms with E-state index in [1.807, 2.05) is 5.43 Å². The number of para-hydroxylation sites is 1. The van der Waals surface area contributed by atoms with Gasteiger partial charge in [-0.2, -0.15) is 31.8 Å². The smallest absolute Gasteiger partial charge is 0.436 e. The quantitative estimate of drug-likeness (QED) is 0.419. The molecule has 3 N–H and O–H groups in total. The normalized spacial score (nSPS) is 12.7. The van der Waals surface area contributed by atoms with Crippen LogP contribution in [0.1, 0.15) is 16.1 Å². The highest BCUT2D eigenvalue weighted by Crippen LogP contribution is 2.41. The van der Waals surface area contributed by atoms with Crippen LogP contribution < -0.4 is 16.2 Å². The van der Waals surface area contributed by atoms with Crippen LogP contribution in [0.3, 0.4) is 0 Å². The Bertz CT molecular complexity index is 741. The molecule has 1 amide bonds. The van der Waals surface area contributed by atoms with Crippen molar-refractivity contribution in [1.82, 2.24) is 10.7 Å². The van der Waals surface area contributed by atoms with Crippen LogP contribution >= 0.6 is 0 Å². The number of amides is 1. The molecule has 5 nitrogen and oxygen atoms in total. The second kappa shape index (κ2) is 6.90. The van der Waals surface area contributed by atoms with Gasteiger partial charge in [0.2, 0.25) is 0 Å². The Labute approximate surface area is 143 Å². The van der Waals surface area contributed by atoms with Crippen LogP contribution in [0.5, 0.6) is 0 Å². The first-order valence-electron chi connectivity index (χ1n) is 7.06. The highest BCUT2D eigenvalue weighted by molar-refractivity contribution is 5.92. The molecular weight excluding hydrogens is 368 g/mol. The average molecular weight is 381 g/mol. The molecule has 2 aromatic rings. The van der Waals surface area contributed by atoms with Crippen LogP contribution in [0.4, 0.5) is 32.0 Å². The van der Waals surface area contributed by atoms with E-state index in [1.165, 1.54) is 30.5 Å². The van der Waals surface area contributed by atoms with Crippen molar-refractivity contribution in [3.05, 3.63) is 54.0 Å². The number of hydrogen-bond acceptors (Lipinski definition) is 4. The minimum Gasteiger partial charge on any atom is -0.459 e. The maximum absolute atomic E-state index is 13.4. The van der Waals surface area contributed by atoms with Crippen molar-refractivity contribution in [3.63, 3.8) is 0 Å². The summed E-state index contributed by atoms with van der Waals surface area (Å²) < 4.78 is 85.0. The number of carbonyl (C=O) groups is 1. The van der Waals surface area contributed by atoms with Crippen LogP contribution in [-0.4, -0.2) is 23.9 Å². The maximum atomic E-state index is 13.4. The van der Waals surface area contributed by atoms with Crippen LogP contribution in [0.25, 0.3) is 0 Å². The number of furan rings is 1. The Kier molecular flexibility index (Phi) is 5.21. The van der Waals surface area contributed by atoms with E-state index in [1.54, 1.807) is 6.07 Å². The minimum atomic E-state index is -5.93. The van der Waals surface area contributed by atoms with Crippen LogP contribution in [0, 0.1) is 6.92 Å². The first-order chi connectivity index (χ1) is 12.0. The summed E-state index contributed by atoms with van der Waals surface area (Å²) in [6.07, 6.45) is -10.9. The minimum absolute atomic E-state index is 0.0300. The van der Waals surface area contributed by atoms with Gasteiger partial charge < -0.3 is 15.2 Å². The van der Waals surface area contributed by atoms with E-state index in [0.717, 1.165) is 23.7 Å². The van der Waals surface area contributed by atoms with Gasteiger partial charge in [-0.25, -0.2) is 0 Å². The molecule has 142 valence electrons. The van der Waals surface area contributed by atoms with Crippen molar-refractivity contribution >= 4 is 11.6 Å². The number of halogens is 6. The Morgan fingerprint density at radius 1 is 0.962 bits per heavy atom. The molecule has 2 rings (SSSR count). The third kappa shape index (κ3) is 3.77. The average Bonchev–Trinajstić information content (AvgIpc) is 3.04. The molecule has 26 heavy (non-hydrogen) atoms. The fourth-order valence-corrected chi connectivity index (χ4v) is 1.99. The van der Waals surface area contributed by atoms with Gasteiger partial charge in [0.25, 0.3) is 5.91 Å². The summed E-state index contributed by atoms with van der Waals surface area (Å²) in [6.45, 7) is 1.48. The largest absolute Gasteiger partial charge is 0.459 e. The molecule has 11 heteroatoms. The summed E-state index contributed by atoms with van der Waals surface area (Å²) in [5, 5.41) is 0.946. The number of carbonyl (C=O) groups excluding carboxylic acids is 1. The van der Waals surface area contributed by atoms with Gasteiger partial charge in [0.1, 0.15) is 0 Å². The number of rotatable bonds is 5. The lowest BCUT2D eigenvalue weighted by molar-refractivity contribution is -0.312. The van der Waals surface area contributed by atoms with E-state index < -0.39 is 29.7 Å². The highest BCUT2D eigenvalue weighted by atomic mass is 19.4. The Morgan fingerprint density at radius 3 is 2.08 bits per heavy atom. The summed E-state index contributed by atoms with van der Waals surface area (Å²) in [6, 6.07) is 7.81. The Morgan fingerprint density at radius 2 is 1.58 bits per heavy atom. The van der Waals surface area contributed by atoms with Crippen molar-refractivity contribution < 1.29 is 35.6 Å². The molecule has 1 heterocycles. The van der Waals surface area contributed by atoms with E-state index >= 15 is 0 Å². The molecule has 0 aliphatic carbocycles. The molecule has 0 aliphatic heterocycles. The highest BCUT2D eigenvalue weighted by Gasteiger charge is 2.72. The van der Waals surface area contributed by atoms with E-state index in [0.29, 0.717) is 5.56 Å². The number of hydrazine groups is 1. The molecule has 1 aromatic carbocycles. The summed E-state index contributed by atoms with van der Waals surface area (Å²) in [5.74, 6) is -2.40. The first kappa shape index (κ1) is 19.6. The fourth-order valence-electron chi connectivity index (χ4n) is 1.99. The second-order valence-electron chi connectivity index (χ2n) is 5.24. The number of benzene rings is 1. The topological polar surface area (TPSA) is 66.3 Å². The lowest BCUT2D eigenvalue weighted by atomic mass is 10.1. The van der Waals surface area contributed by atoms with E-state index in [4.69, 9.17) is 0 Å². The SMILES string of the molecule is Cc1ccccc1NNC(NC(=O)c1ccco1)(C(F)(F)F)C(F)(F)F. The monoisotopic (exact) mass is 381 g/mol. The predicted octanol–water partition coefficient (Wildman–Crippen LogP) is 3.76. The van der Waals surface area contributed by atoms with Gasteiger partial charge in [-0.05, 0) is 30.7 Å². The Hall–Kier alpha value is -2.69. The second-order valence-corrected chi connectivity index (χ2v) is 5.24. The zero-order valence-corrected chi connectivity index (χ0v) is 13.1. The molecule has 0 atom stereocenters. The van der Waals surface area contributed by atoms with Gasteiger partial charge in [0.05, 0.1) is 12.0 Å². The summed E-state index contributed by atoms with van der Waals surface area (Å²) >= 11 is 0. The first-order valence-corrected chi connectivity index (χ1v) is 7.06. The molecule has 0 bridgehead atoms. The van der Waals surface area contributed by atoms with Gasteiger partial charge in [0, 0.05) is 0 Å². The molecule has 0 aliphatic rings. The van der Waals surface area contributed by atoms with Crippen LogP contribution in [0.2, 0.25) is 0 Å². The van der Waals surface area contributed by atoms with Crippen LogP contribution in [-0.2, 0) is 0 Å². The fraction of sp³-hybridized carbons (Fsp3) is 0.267. The zero-order valence-electron chi connectivity index (χ0n) is 13.1. The van der Waals surface area contributed by atoms with Crippen LogP contribution in [0.15, 0.2) is 47.1 Å². The number of alkyl halides is 6. The molecule has 0 saturated heterocycles. The lowest BCUT2D eigenvalue weighted by Crippen LogP contribution is -2.76. The summed E-state index contributed by atoms with van der Waals surface area (Å²) in [4.78, 5) is 11.8. The predicted molar refractivity (Wildman–Crippen MR) is 79.0 cm³/mol. The summed E-state index contributed by atoms with van der Waals surface area (Å²) in [5.41, 5.74) is -1.33. The summed E-state index contributed by atoms with van der Waals surface area (Å²) in [7, 11) is 0. The van der Waals surface area contributed by atoms with Crippen molar-refractivity contribution in [2.45, 2.75) is 24.9 Å². The van der Waals surface area contributed by atoms with E-state index in [-0.39, 0.29) is 5.69 Å². The standard InChI is InChI=1S/C15H13F6N3O2/c1-9-5-2-3-6-10(9)23-24-13(14(16,17)18,15(19,20)21)22-12(25)11-7-4-8-26-11/h2-8,23-24H,1H3,(H,22,25). The van der Waals surface area contributed by atoms with E-state index in [9.17, 15) is 31.1 Å². The Balaban J connectivity index is 2.40. The third-order valence-corrected chi connectivity index (χ3v) is 3.43.